The maximum Gasteiger partial charge on any atom is 0.251 e. The first kappa shape index (κ1) is 24.4. The SMILES string of the molecule is CSCCC(NC(=O)c1cccc(C)c1)C(=O)NCC1(c2ccc3c(c2)OCO3)CCOCC1. The molecule has 2 amide bonds. The van der Waals surface area contributed by atoms with Gasteiger partial charge in [-0.3, -0.25) is 9.59 Å². The molecule has 0 aromatic heterocycles. The second kappa shape index (κ2) is 11.1. The second-order valence-electron chi connectivity index (χ2n) is 8.86. The number of fused-ring (bicyclic) bond motifs is 1. The predicted octanol–water partition coefficient (Wildman–Crippen LogP) is 3.44. The molecule has 1 unspecified atom stereocenters. The van der Waals surface area contributed by atoms with Gasteiger partial charge in [-0.2, -0.15) is 11.8 Å². The first-order valence-electron chi connectivity index (χ1n) is 11.6. The zero-order valence-electron chi connectivity index (χ0n) is 19.7. The average Bonchev–Trinajstić information content (AvgIpc) is 3.33. The predicted molar refractivity (Wildman–Crippen MR) is 133 cm³/mol. The Hall–Kier alpha value is -2.71. The number of thioether (sulfide) groups is 1. The van der Waals surface area contributed by atoms with Gasteiger partial charge in [0.2, 0.25) is 12.7 Å². The fourth-order valence-electron chi connectivity index (χ4n) is 4.47. The minimum atomic E-state index is -0.603. The smallest absolute Gasteiger partial charge is 0.251 e. The van der Waals surface area contributed by atoms with Gasteiger partial charge in [0.05, 0.1) is 0 Å². The number of rotatable bonds is 9. The van der Waals surface area contributed by atoms with E-state index in [9.17, 15) is 9.59 Å². The lowest BCUT2D eigenvalue weighted by Crippen LogP contribution is -2.51. The summed E-state index contributed by atoms with van der Waals surface area (Å²) < 4.78 is 16.7. The minimum Gasteiger partial charge on any atom is -0.454 e. The fraction of sp³-hybridized carbons (Fsp3) is 0.462. The maximum atomic E-state index is 13.3. The normalized spacial score (nSPS) is 17.1. The summed E-state index contributed by atoms with van der Waals surface area (Å²) in [6, 6.07) is 12.8. The van der Waals surface area contributed by atoms with Crippen molar-refractivity contribution in [3.8, 4) is 11.5 Å². The van der Waals surface area contributed by atoms with Gasteiger partial charge in [-0.25, -0.2) is 0 Å². The van der Waals surface area contributed by atoms with Crippen LogP contribution in [0.1, 0.15) is 40.7 Å². The number of carbonyl (C=O) groups excluding carboxylic acids is 2. The van der Waals surface area contributed by atoms with Gasteiger partial charge < -0.3 is 24.8 Å². The van der Waals surface area contributed by atoms with E-state index in [0.717, 1.165) is 41.2 Å². The molecule has 2 aliphatic heterocycles. The molecular formula is C26H32N2O5S. The van der Waals surface area contributed by atoms with Gasteiger partial charge in [0.25, 0.3) is 5.91 Å². The van der Waals surface area contributed by atoms with Crippen molar-refractivity contribution in [3.05, 3.63) is 59.2 Å². The number of carbonyl (C=O) groups is 2. The minimum absolute atomic E-state index is 0.165. The third-order valence-corrected chi connectivity index (χ3v) is 7.19. The Balaban J connectivity index is 1.47. The Morgan fingerprint density at radius 1 is 1.09 bits per heavy atom. The first-order chi connectivity index (χ1) is 16.5. The third kappa shape index (κ3) is 5.67. The van der Waals surface area contributed by atoms with E-state index >= 15 is 0 Å². The Bertz CT molecular complexity index is 1020. The molecule has 0 saturated carbocycles. The molecule has 1 atom stereocenters. The monoisotopic (exact) mass is 484 g/mol. The van der Waals surface area contributed by atoms with Crippen LogP contribution in [-0.4, -0.2) is 56.4 Å². The largest absolute Gasteiger partial charge is 0.454 e. The van der Waals surface area contributed by atoms with E-state index in [1.165, 1.54) is 0 Å². The summed E-state index contributed by atoms with van der Waals surface area (Å²) in [7, 11) is 0. The zero-order valence-corrected chi connectivity index (χ0v) is 20.5. The summed E-state index contributed by atoms with van der Waals surface area (Å²) in [6.45, 7) is 3.89. The van der Waals surface area contributed by atoms with Crippen LogP contribution in [0.15, 0.2) is 42.5 Å². The number of ether oxygens (including phenoxy) is 3. The fourth-order valence-corrected chi connectivity index (χ4v) is 4.94. The number of aryl methyl sites for hydroxylation is 1. The molecule has 2 aliphatic rings. The highest BCUT2D eigenvalue weighted by Gasteiger charge is 2.36. The molecule has 0 spiro atoms. The topological polar surface area (TPSA) is 85.9 Å². The van der Waals surface area contributed by atoms with Crippen LogP contribution >= 0.6 is 11.8 Å². The van der Waals surface area contributed by atoms with Crippen LogP contribution in [0, 0.1) is 6.92 Å². The molecule has 2 aromatic rings. The zero-order chi connectivity index (χ0) is 24.0. The molecule has 8 heteroatoms. The van der Waals surface area contributed by atoms with Crippen LogP contribution in [-0.2, 0) is 14.9 Å². The molecule has 0 radical (unpaired) electrons. The van der Waals surface area contributed by atoms with Crippen LogP contribution in [0.4, 0.5) is 0 Å². The Morgan fingerprint density at radius 3 is 2.65 bits per heavy atom. The highest BCUT2D eigenvalue weighted by Crippen LogP contribution is 2.40. The highest BCUT2D eigenvalue weighted by atomic mass is 32.2. The molecule has 182 valence electrons. The third-order valence-electron chi connectivity index (χ3n) is 6.55. The number of hydrogen-bond donors (Lipinski definition) is 2. The summed E-state index contributed by atoms with van der Waals surface area (Å²) in [6.07, 6.45) is 4.13. The van der Waals surface area contributed by atoms with Crippen molar-refractivity contribution in [2.45, 2.75) is 37.6 Å². The van der Waals surface area contributed by atoms with E-state index in [4.69, 9.17) is 14.2 Å². The van der Waals surface area contributed by atoms with Gasteiger partial charge in [-0.05, 0) is 68.0 Å². The van der Waals surface area contributed by atoms with Crippen LogP contribution in [0.5, 0.6) is 11.5 Å². The van der Waals surface area contributed by atoms with Crippen molar-refractivity contribution < 1.29 is 23.8 Å². The van der Waals surface area contributed by atoms with Gasteiger partial charge >= 0.3 is 0 Å². The second-order valence-corrected chi connectivity index (χ2v) is 9.84. The summed E-state index contributed by atoms with van der Waals surface area (Å²) in [4.78, 5) is 26.1. The van der Waals surface area contributed by atoms with Gasteiger partial charge in [-0.15, -0.1) is 0 Å². The Labute approximate surface area is 204 Å². The highest BCUT2D eigenvalue weighted by molar-refractivity contribution is 7.98. The number of nitrogens with one attached hydrogen (secondary N) is 2. The molecule has 7 nitrogen and oxygen atoms in total. The van der Waals surface area contributed by atoms with Gasteiger partial charge in [0.15, 0.2) is 11.5 Å². The van der Waals surface area contributed by atoms with E-state index < -0.39 is 6.04 Å². The summed E-state index contributed by atoms with van der Waals surface area (Å²) in [5.41, 5.74) is 2.40. The lowest BCUT2D eigenvalue weighted by atomic mass is 9.74. The van der Waals surface area contributed by atoms with E-state index in [2.05, 4.69) is 16.7 Å². The lowest BCUT2D eigenvalue weighted by Gasteiger charge is -2.38. The molecule has 34 heavy (non-hydrogen) atoms. The van der Waals surface area contributed by atoms with Crippen molar-refractivity contribution in [2.75, 3.05) is 38.6 Å². The summed E-state index contributed by atoms with van der Waals surface area (Å²) in [5, 5.41) is 6.09. The van der Waals surface area contributed by atoms with Gasteiger partial charge in [0.1, 0.15) is 6.04 Å². The van der Waals surface area contributed by atoms with E-state index in [1.807, 2.05) is 43.5 Å². The molecule has 4 rings (SSSR count). The van der Waals surface area contributed by atoms with Crippen molar-refractivity contribution in [1.82, 2.24) is 10.6 Å². The molecule has 2 heterocycles. The molecule has 0 aliphatic carbocycles. The van der Waals surface area contributed by atoms with Gasteiger partial charge in [-0.1, -0.05) is 23.8 Å². The van der Waals surface area contributed by atoms with E-state index in [1.54, 1.807) is 17.8 Å². The van der Waals surface area contributed by atoms with E-state index in [-0.39, 0.29) is 24.0 Å². The van der Waals surface area contributed by atoms with Crippen molar-refractivity contribution in [2.24, 2.45) is 0 Å². The summed E-state index contributed by atoms with van der Waals surface area (Å²) in [5.74, 6) is 1.85. The van der Waals surface area contributed by atoms with Gasteiger partial charge in [0, 0.05) is 30.7 Å². The lowest BCUT2D eigenvalue weighted by molar-refractivity contribution is -0.123. The van der Waals surface area contributed by atoms with Crippen LogP contribution < -0.4 is 20.1 Å². The van der Waals surface area contributed by atoms with Crippen molar-refractivity contribution in [1.29, 1.82) is 0 Å². The molecule has 2 N–H and O–H groups in total. The molecule has 1 fully saturated rings. The Kier molecular flexibility index (Phi) is 8.00. The van der Waals surface area contributed by atoms with Crippen LogP contribution in [0.3, 0.4) is 0 Å². The first-order valence-corrected chi connectivity index (χ1v) is 13.0. The maximum absolute atomic E-state index is 13.3. The summed E-state index contributed by atoms with van der Waals surface area (Å²) >= 11 is 1.65. The number of benzene rings is 2. The number of amides is 2. The number of hydrogen-bond acceptors (Lipinski definition) is 6. The average molecular weight is 485 g/mol. The van der Waals surface area contributed by atoms with Crippen molar-refractivity contribution >= 4 is 23.6 Å². The molecule has 2 aromatic carbocycles. The Morgan fingerprint density at radius 2 is 1.88 bits per heavy atom. The standard InChI is InChI=1S/C26H32N2O5S/c1-18-4-3-5-19(14-18)24(29)28-21(8-13-34-2)25(30)27-16-26(9-11-31-12-10-26)20-6-7-22-23(15-20)33-17-32-22/h3-7,14-15,21H,8-13,16-17H2,1-2H3,(H,27,30)(H,28,29). The quantitative estimate of drug-likeness (QED) is 0.567. The molecule has 0 bridgehead atoms. The van der Waals surface area contributed by atoms with E-state index in [0.29, 0.717) is 31.7 Å². The van der Waals surface area contributed by atoms with Crippen molar-refractivity contribution in [3.63, 3.8) is 0 Å². The molecule has 1 saturated heterocycles. The van der Waals surface area contributed by atoms with Crippen LogP contribution in [0.2, 0.25) is 0 Å². The van der Waals surface area contributed by atoms with Crippen LogP contribution in [0.25, 0.3) is 0 Å². The molecular weight excluding hydrogens is 452 g/mol.